The largest absolute Gasteiger partial charge is 0.335 e. The summed E-state index contributed by atoms with van der Waals surface area (Å²) < 4.78 is 0. The molecule has 1 saturated carbocycles. The van der Waals surface area contributed by atoms with Crippen LogP contribution < -0.4 is 5.32 Å². The Morgan fingerprint density at radius 1 is 1.24 bits per heavy atom. The number of rotatable bonds is 6. The van der Waals surface area contributed by atoms with Gasteiger partial charge in [0.05, 0.1) is 6.54 Å². The van der Waals surface area contributed by atoms with Gasteiger partial charge in [0.2, 0.25) is 6.41 Å². The van der Waals surface area contributed by atoms with Gasteiger partial charge in [-0.25, -0.2) is 4.79 Å². The van der Waals surface area contributed by atoms with E-state index in [0.717, 1.165) is 17.7 Å². The van der Waals surface area contributed by atoms with Crippen molar-refractivity contribution in [2.75, 3.05) is 6.54 Å². The van der Waals surface area contributed by atoms with E-state index in [2.05, 4.69) is 26.1 Å². The molecule has 1 N–H and O–H groups in total. The Balaban J connectivity index is 2.01. The smallest absolute Gasteiger partial charge is 0.324 e. The molecule has 25 heavy (non-hydrogen) atoms. The van der Waals surface area contributed by atoms with Crippen molar-refractivity contribution in [3.8, 4) is 0 Å². The quantitative estimate of drug-likeness (QED) is 0.634. The van der Waals surface area contributed by atoms with Crippen LogP contribution in [0.1, 0.15) is 50.4 Å². The van der Waals surface area contributed by atoms with Gasteiger partial charge in [-0.3, -0.25) is 14.5 Å². The molecule has 0 saturated heterocycles. The minimum Gasteiger partial charge on any atom is -0.335 e. The first-order valence-corrected chi connectivity index (χ1v) is 9.03. The van der Waals surface area contributed by atoms with Gasteiger partial charge in [0.1, 0.15) is 0 Å². The van der Waals surface area contributed by atoms with Crippen LogP contribution in [0.5, 0.6) is 0 Å². The summed E-state index contributed by atoms with van der Waals surface area (Å²) in [5.41, 5.74) is 0.494. The van der Waals surface area contributed by atoms with Crippen molar-refractivity contribution in [2.45, 2.75) is 46.1 Å². The molecule has 3 amide bonds. The molecule has 3 atom stereocenters. The maximum atomic E-state index is 12.5. The number of imide groups is 1. The Morgan fingerprint density at radius 3 is 2.52 bits per heavy atom. The highest BCUT2D eigenvalue weighted by molar-refractivity contribution is 6.01. The maximum Gasteiger partial charge on any atom is 0.324 e. The van der Waals surface area contributed by atoms with Gasteiger partial charge in [-0.15, -0.1) is 0 Å². The fourth-order valence-corrected chi connectivity index (χ4v) is 3.64. The molecule has 0 radical (unpaired) electrons. The first kappa shape index (κ1) is 19.2. The van der Waals surface area contributed by atoms with Crippen LogP contribution in [0.25, 0.3) is 0 Å². The molecule has 0 bridgehead atoms. The van der Waals surface area contributed by atoms with E-state index in [1.807, 2.05) is 6.07 Å². The van der Waals surface area contributed by atoms with E-state index >= 15 is 0 Å². The second kappa shape index (κ2) is 8.79. The zero-order valence-corrected chi connectivity index (χ0v) is 15.3. The third-order valence-corrected chi connectivity index (χ3v) is 5.13. The highest BCUT2D eigenvalue weighted by Crippen LogP contribution is 2.33. The minimum atomic E-state index is -0.482. The van der Waals surface area contributed by atoms with Gasteiger partial charge >= 0.3 is 6.03 Å². The van der Waals surface area contributed by atoms with Crippen LogP contribution in [0, 0.1) is 17.8 Å². The molecule has 0 aromatic heterocycles. The predicted octanol–water partition coefficient (Wildman–Crippen LogP) is 3.50. The van der Waals surface area contributed by atoms with E-state index in [1.165, 1.54) is 6.42 Å². The van der Waals surface area contributed by atoms with Crippen molar-refractivity contribution in [3.05, 3.63) is 35.9 Å². The normalized spacial score (nSPS) is 23.1. The molecule has 1 fully saturated rings. The van der Waals surface area contributed by atoms with Crippen LogP contribution >= 0.6 is 0 Å². The lowest BCUT2D eigenvalue weighted by Crippen LogP contribution is -2.51. The molecule has 1 unspecified atom stereocenters. The molecule has 0 aliphatic heterocycles. The summed E-state index contributed by atoms with van der Waals surface area (Å²) in [5.74, 6) is 1.17. The van der Waals surface area contributed by atoms with Crippen LogP contribution in [0.4, 0.5) is 4.79 Å². The Bertz CT molecular complexity index is 600. The number of amides is 3. The van der Waals surface area contributed by atoms with Crippen LogP contribution in [0.2, 0.25) is 0 Å². The van der Waals surface area contributed by atoms with Gasteiger partial charge in [-0.05, 0) is 30.6 Å². The number of benzene rings is 1. The summed E-state index contributed by atoms with van der Waals surface area (Å²) in [4.78, 5) is 37.1. The van der Waals surface area contributed by atoms with E-state index in [0.29, 0.717) is 29.7 Å². The lowest BCUT2D eigenvalue weighted by molar-refractivity contribution is -0.115. The molecule has 2 rings (SSSR count). The van der Waals surface area contributed by atoms with Gasteiger partial charge in [0, 0.05) is 11.6 Å². The highest BCUT2D eigenvalue weighted by atomic mass is 16.2. The average Bonchev–Trinajstić information content (AvgIpc) is 2.59. The van der Waals surface area contributed by atoms with Crippen molar-refractivity contribution >= 4 is 18.2 Å². The Morgan fingerprint density at radius 2 is 1.92 bits per heavy atom. The lowest BCUT2D eigenvalue weighted by atomic mass is 9.74. The molecule has 1 aliphatic rings. The number of nitrogens with zero attached hydrogens (tertiary/aromatic N) is 1. The number of hydrogen-bond acceptors (Lipinski definition) is 3. The summed E-state index contributed by atoms with van der Waals surface area (Å²) in [7, 11) is 0. The van der Waals surface area contributed by atoms with Crippen molar-refractivity contribution in [1.29, 1.82) is 0 Å². The Labute approximate surface area is 149 Å². The molecule has 5 heteroatoms. The number of carbonyl (C=O) groups excluding carboxylic acids is 3. The standard InChI is InChI=1S/C20H28N2O3/c1-14(2)17-10-9-15(3)11-18(17)21-20(25)22(13-23)12-19(24)16-7-5-4-6-8-16/h4-8,13-15,17-18H,9-12H2,1-3H3,(H,21,25)/t15-,17?,18+/m1/s1. The molecule has 1 aromatic rings. The van der Waals surface area contributed by atoms with Gasteiger partial charge < -0.3 is 5.32 Å². The molecule has 0 heterocycles. The molecule has 0 spiro atoms. The fraction of sp³-hybridized carbons (Fsp3) is 0.550. The third kappa shape index (κ3) is 5.15. The molecular formula is C20H28N2O3. The number of Topliss-reactive ketones (excluding diaryl/α,β-unsaturated/α-hetero) is 1. The monoisotopic (exact) mass is 344 g/mol. The number of carbonyl (C=O) groups is 3. The van der Waals surface area contributed by atoms with E-state index in [4.69, 9.17) is 0 Å². The van der Waals surface area contributed by atoms with Gasteiger partial charge in [0.15, 0.2) is 5.78 Å². The summed E-state index contributed by atoms with van der Waals surface area (Å²) in [6, 6.07) is 8.26. The van der Waals surface area contributed by atoms with Gasteiger partial charge in [0.25, 0.3) is 0 Å². The molecule has 5 nitrogen and oxygen atoms in total. The number of nitrogens with one attached hydrogen (secondary N) is 1. The molecule has 136 valence electrons. The van der Waals surface area contributed by atoms with Crippen molar-refractivity contribution in [1.82, 2.24) is 10.2 Å². The van der Waals surface area contributed by atoms with Crippen molar-refractivity contribution in [3.63, 3.8) is 0 Å². The number of ketones is 1. The Hall–Kier alpha value is -2.17. The zero-order valence-electron chi connectivity index (χ0n) is 15.3. The molecule has 1 aromatic carbocycles. The van der Waals surface area contributed by atoms with Gasteiger partial charge in [-0.2, -0.15) is 0 Å². The minimum absolute atomic E-state index is 0.0468. The maximum absolute atomic E-state index is 12.5. The first-order chi connectivity index (χ1) is 11.9. The summed E-state index contributed by atoms with van der Waals surface area (Å²) >= 11 is 0. The SMILES string of the molecule is CC(C)C1CC[C@@H](C)C[C@@H]1NC(=O)N(C=O)CC(=O)c1ccccc1. The van der Waals surface area contributed by atoms with E-state index < -0.39 is 6.03 Å². The highest BCUT2D eigenvalue weighted by Gasteiger charge is 2.32. The van der Waals surface area contributed by atoms with Crippen LogP contribution in [0.3, 0.4) is 0 Å². The van der Waals surface area contributed by atoms with E-state index in [1.54, 1.807) is 24.3 Å². The third-order valence-electron chi connectivity index (χ3n) is 5.13. The summed E-state index contributed by atoms with van der Waals surface area (Å²) in [5, 5.41) is 2.99. The van der Waals surface area contributed by atoms with Gasteiger partial charge in [-0.1, -0.05) is 57.5 Å². The van der Waals surface area contributed by atoms with Crippen LogP contribution in [-0.4, -0.2) is 35.7 Å². The second-order valence-corrected chi connectivity index (χ2v) is 7.40. The van der Waals surface area contributed by atoms with Crippen molar-refractivity contribution in [2.24, 2.45) is 17.8 Å². The molecular weight excluding hydrogens is 316 g/mol. The van der Waals surface area contributed by atoms with Crippen molar-refractivity contribution < 1.29 is 14.4 Å². The summed E-state index contributed by atoms with van der Waals surface area (Å²) in [6.07, 6.45) is 3.59. The van der Waals surface area contributed by atoms with E-state index in [-0.39, 0.29) is 18.4 Å². The fourth-order valence-electron chi connectivity index (χ4n) is 3.64. The topological polar surface area (TPSA) is 66.5 Å². The second-order valence-electron chi connectivity index (χ2n) is 7.40. The average molecular weight is 344 g/mol. The van der Waals surface area contributed by atoms with Crippen LogP contribution in [0.15, 0.2) is 30.3 Å². The lowest BCUT2D eigenvalue weighted by Gasteiger charge is -2.38. The number of urea groups is 1. The predicted molar refractivity (Wildman–Crippen MR) is 97.2 cm³/mol. The Kier molecular flexibility index (Phi) is 6.73. The molecule has 1 aliphatic carbocycles. The van der Waals surface area contributed by atoms with Crippen LogP contribution in [-0.2, 0) is 4.79 Å². The zero-order chi connectivity index (χ0) is 18.4. The van der Waals surface area contributed by atoms with E-state index in [9.17, 15) is 14.4 Å². The summed E-state index contributed by atoms with van der Waals surface area (Å²) in [6.45, 7) is 6.27. The number of hydrogen-bond donors (Lipinski definition) is 1. The first-order valence-electron chi connectivity index (χ1n) is 9.03.